The molecule has 0 saturated carbocycles. The quantitative estimate of drug-likeness (QED) is 0.907. The van der Waals surface area contributed by atoms with Gasteiger partial charge in [0.05, 0.1) is 5.56 Å². The van der Waals surface area contributed by atoms with Gasteiger partial charge in [-0.25, -0.2) is 0 Å². The van der Waals surface area contributed by atoms with E-state index in [1.807, 2.05) is 25.2 Å². The Labute approximate surface area is 109 Å². The van der Waals surface area contributed by atoms with Crippen molar-refractivity contribution < 1.29 is 4.42 Å². The third kappa shape index (κ3) is 2.88. The zero-order chi connectivity index (χ0) is 13.0. The fraction of sp³-hybridized carbons (Fsp3) is 0.250. The van der Waals surface area contributed by atoms with Crippen LogP contribution in [0.5, 0.6) is 0 Å². The molecule has 0 fully saturated rings. The van der Waals surface area contributed by atoms with Crippen LogP contribution < -0.4 is 5.32 Å². The molecule has 0 saturated heterocycles. The van der Waals surface area contributed by atoms with Gasteiger partial charge in [0.2, 0.25) is 5.89 Å². The molecule has 0 spiro atoms. The van der Waals surface area contributed by atoms with Crippen molar-refractivity contribution in [3.63, 3.8) is 0 Å². The summed E-state index contributed by atoms with van der Waals surface area (Å²) < 4.78 is 5.28. The first-order valence-corrected chi connectivity index (χ1v) is 6.20. The minimum Gasteiger partial charge on any atom is -0.416 e. The minimum atomic E-state index is 0.449. The SMILES string of the molecule is CNCc1ccc(Sc2nnc(C)o2)c(C#N)c1. The Morgan fingerprint density at radius 1 is 1.44 bits per heavy atom. The summed E-state index contributed by atoms with van der Waals surface area (Å²) in [5, 5.41) is 20.3. The highest BCUT2D eigenvalue weighted by molar-refractivity contribution is 7.99. The molecule has 5 nitrogen and oxygen atoms in total. The van der Waals surface area contributed by atoms with E-state index in [0.717, 1.165) is 17.0 Å². The highest BCUT2D eigenvalue weighted by Crippen LogP contribution is 2.29. The molecule has 1 aromatic heterocycles. The fourth-order valence-electron chi connectivity index (χ4n) is 1.48. The lowest BCUT2D eigenvalue weighted by Gasteiger charge is -2.04. The number of rotatable bonds is 4. The molecule has 0 amide bonds. The minimum absolute atomic E-state index is 0.449. The van der Waals surface area contributed by atoms with Crippen molar-refractivity contribution in [2.24, 2.45) is 0 Å². The molecule has 2 aromatic rings. The van der Waals surface area contributed by atoms with E-state index in [2.05, 4.69) is 21.6 Å². The molecule has 0 aliphatic carbocycles. The predicted molar refractivity (Wildman–Crippen MR) is 67.1 cm³/mol. The Hall–Kier alpha value is -1.84. The Balaban J connectivity index is 2.25. The molecule has 0 bridgehead atoms. The first-order chi connectivity index (χ1) is 8.72. The molecule has 0 atom stereocenters. The number of hydrogen-bond acceptors (Lipinski definition) is 6. The second-order valence-electron chi connectivity index (χ2n) is 3.66. The van der Waals surface area contributed by atoms with E-state index in [-0.39, 0.29) is 0 Å². The van der Waals surface area contributed by atoms with E-state index in [0.29, 0.717) is 16.7 Å². The van der Waals surface area contributed by atoms with E-state index in [4.69, 9.17) is 9.68 Å². The number of benzene rings is 1. The molecule has 6 heteroatoms. The molecule has 18 heavy (non-hydrogen) atoms. The van der Waals surface area contributed by atoms with Crippen molar-refractivity contribution in [1.82, 2.24) is 15.5 Å². The molecule has 92 valence electrons. The third-order valence-corrected chi connectivity index (χ3v) is 3.17. The van der Waals surface area contributed by atoms with Gasteiger partial charge < -0.3 is 9.73 Å². The summed E-state index contributed by atoms with van der Waals surface area (Å²) in [5.74, 6) is 0.516. The molecule has 2 rings (SSSR count). The first-order valence-electron chi connectivity index (χ1n) is 5.38. The monoisotopic (exact) mass is 260 g/mol. The van der Waals surface area contributed by atoms with Gasteiger partial charge in [-0.15, -0.1) is 10.2 Å². The molecule has 1 heterocycles. The van der Waals surface area contributed by atoms with Crippen LogP contribution in [-0.2, 0) is 6.54 Å². The van der Waals surface area contributed by atoms with E-state index >= 15 is 0 Å². The summed E-state index contributed by atoms with van der Waals surface area (Å²) in [6, 6.07) is 7.92. The van der Waals surface area contributed by atoms with Gasteiger partial charge in [-0.2, -0.15) is 5.26 Å². The molecule has 0 radical (unpaired) electrons. The largest absolute Gasteiger partial charge is 0.416 e. The Bertz CT molecular complexity index is 588. The summed E-state index contributed by atoms with van der Waals surface area (Å²) in [5.41, 5.74) is 1.68. The van der Waals surface area contributed by atoms with Gasteiger partial charge >= 0.3 is 0 Å². The molecular formula is C12H12N4OS. The van der Waals surface area contributed by atoms with Gasteiger partial charge in [0.15, 0.2) is 0 Å². The van der Waals surface area contributed by atoms with Crippen LogP contribution >= 0.6 is 11.8 Å². The maximum atomic E-state index is 9.14. The van der Waals surface area contributed by atoms with Crippen LogP contribution in [0.3, 0.4) is 0 Å². The lowest BCUT2D eigenvalue weighted by atomic mass is 10.1. The maximum Gasteiger partial charge on any atom is 0.281 e. The van der Waals surface area contributed by atoms with Crippen LogP contribution in [0.4, 0.5) is 0 Å². The van der Waals surface area contributed by atoms with Gasteiger partial charge in [0.1, 0.15) is 6.07 Å². The van der Waals surface area contributed by atoms with Crippen molar-refractivity contribution in [2.75, 3.05) is 7.05 Å². The molecule has 0 aliphatic heterocycles. The van der Waals surface area contributed by atoms with Crippen LogP contribution in [-0.4, -0.2) is 17.2 Å². The molecular weight excluding hydrogens is 248 g/mol. The van der Waals surface area contributed by atoms with E-state index in [9.17, 15) is 0 Å². The summed E-state index contributed by atoms with van der Waals surface area (Å²) in [6.45, 7) is 2.47. The standard InChI is InChI=1S/C12H12N4OS/c1-8-15-16-12(17-8)18-11-4-3-9(7-14-2)5-10(11)6-13/h3-5,14H,7H2,1-2H3. The zero-order valence-corrected chi connectivity index (χ0v) is 10.9. The van der Waals surface area contributed by atoms with Crippen LogP contribution in [0.1, 0.15) is 17.0 Å². The van der Waals surface area contributed by atoms with Crippen molar-refractivity contribution >= 4 is 11.8 Å². The lowest BCUT2D eigenvalue weighted by Crippen LogP contribution is -2.05. The Kier molecular flexibility index (Phi) is 3.97. The van der Waals surface area contributed by atoms with Crippen molar-refractivity contribution in [3.8, 4) is 6.07 Å². The van der Waals surface area contributed by atoms with E-state index in [1.165, 1.54) is 11.8 Å². The second-order valence-corrected chi connectivity index (χ2v) is 4.65. The number of hydrogen-bond donors (Lipinski definition) is 1. The predicted octanol–water partition coefficient (Wildman–Crippen LogP) is 2.12. The summed E-state index contributed by atoms with van der Waals surface area (Å²) in [6.07, 6.45) is 0. The number of aryl methyl sites for hydroxylation is 1. The van der Waals surface area contributed by atoms with E-state index in [1.54, 1.807) is 6.92 Å². The van der Waals surface area contributed by atoms with Gasteiger partial charge in [-0.05, 0) is 36.5 Å². The molecule has 0 aliphatic rings. The van der Waals surface area contributed by atoms with Gasteiger partial charge in [-0.1, -0.05) is 6.07 Å². The van der Waals surface area contributed by atoms with Crippen molar-refractivity contribution in [2.45, 2.75) is 23.6 Å². The zero-order valence-electron chi connectivity index (χ0n) is 10.1. The number of nitrogens with one attached hydrogen (secondary N) is 1. The normalized spacial score (nSPS) is 10.3. The van der Waals surface area contributed by atoms with Gasteiger partial charge in [0.25, 0.3) is 5.22 Å². The summed E-state index contributed by atoms with van der Waals surface area (Å²) >= 11 is 1.30. The average molecular weight is 260 g/mol. The van der Waals surface area contributed by atoms with E-state index < -0.39 is 0 Å². The van der Waals surface area contributed by atoms with Crippen molar-refractivity contribution in [1.29, 1.82) is 5.26 Å². The molecule has 0 unspecified atom stereocenters. The lowest BCUT2D eigenvalue weighted by molar-refractivity contribution is 0.429. The van der Waals surface area contributed by atoms with Crippen LogP contribution in [0, 0.1) is 18.3 Å². The number of nitrogens with zero attached hydrogens (tertiary/aromatic N) is 3. The van der Waals surface area contributed by atoms with Crippen molar-refractivity contribution in [3.05, 3.63) is 35.2 Å². The Morgan fingerprint density at radius 3 is 2.89 bits per heavy atom. The van der Waals surface area contributed by atoms with Crippen LogP contribution in [0.25, 0.3) is 0 Å². The summed E-state index contributed by atoms with van der Waals surface area (Å²) in [4.78, 5) is 0.820. The fourth-order valence-corrected chi connectivity index (χ4v) is 2.26. The second kappa shape index (κ2) is 5.67. The number of nitriles is 1. The van der Waals surface area contributed by atoms with Gasteiger partial charge in [-0.3, -0.25) is 0 Å². The topological polar surface area (TPSA) is 74.7 Å². The molecule has 1 N–H and O–H groups in total. The first kappa shape index (κ1) is 12.6. The Morgan fingerprint density at radius 2 is 2.28 bits per heavy atom. The van der Waals surface area contributed by atoms with Gasteiger partial charge in [0, 0.05) is 18.4 Å². The summed E-state index contributed by atoms with van der Waals surface area (Å²) in [7, 11) is 1.87. The highest BCUT2D eigenvalue weighted by Gasteiger charge is 2.09. The smallest absolute Gasteiger partial charge is 0.281 e. The highest BCUT2D eigenvalue weighted by atomic mass is 32.2. The van der Waals surface area contributed by atoms with Crippen LogP contribution in [0.2, 0.25) is 0 Å². The average Bonchev–Trinajstić information content (AvgIpc) is 2.77. The maximum absolute atomic E-state index is 9.14. The molecule has 1 aromatic carbocycles. The van der Waals surface area contributed by atoms with Crippen LogP contribution in [0.15, 0.2) is 32.7 Å². The number of aromatic nitrogens is 2. The third-order valence-electron chi connectivity index (χ3n) is 2.25.